The molecule has 0 aromatic heterocycles. The Morgan fingerprint density at radius 1 is 1.42 bits per heavy atom. The van der Waals surface area contributed by atoms with E-state index >= 15 is 0 Å². The van der Waals surface area contributed by atoms with Crippen molar-refractivity contribution in [2.75, 3.05) is 19.6 Å². The predicted octanol–water partition coefficient (Wildman–Crippen LogP) is 1.63. The van der Waals surface area contributed by atoms with E-state index in [2.05, 4.69) is 37.9 Å². The molecule has 0 radical (unpaired) electrons. The summed E-state index contributed by atoms with van der Waals surface area (Å²) >= 11 is 0. The van der Waals surface area contributed by atoms with Crippen LogP contribution < -0.4 is 11.1 Å². The Bertz CT molecular complexity index is 273. The first-order valence-corrected chi connectivity index (χ1v) is 7.17. The summed E-state index contributed by atoms with van der Waals surface area (Å²) in [5, 5.41) is 3.06. The van der Waals surface area contributed by atoms with Crippen LogP contribution in [0.5, 0.6) is 0 Å². The molecule has 1 aliphatic heterocycles. The van der Waals surface area contributed by atoms with Gasteiger partial charge in [0.15, 0.2) is 0 Å². The lowest BCUT2D eigenvalue weighted by Gasteiger charge is -2.37. The van der Waals surface area contributed by atoms with Gasteiger partial charge in [-0.3, -0.25) is 9.69 Å². The van der Waals surface area contributed by atoms with Crippen LogP contribution in [-0.2, 0) is 4.79 Å². The van der Waals surface area contributed by atoms with Crippen molar-refractivity contribution in [3.8, 4) is 0 Å². The van der Waals surface area contributed by atoms with Crippen molar-refractivity contribution in [3.05, 3.63) is 0 Å². The molecule has 0 aromatic rings. The van der Waals surface area contributed by atoms with E-state index < -0.39 is 0 Å². The van der Waals surface area contributed by atoms with Gasteiger partial charge in [-0.2, -0.15) is 0 Å². The minimum absolute atomic E-state index is 0. The average molecular weight is 292 g/mol. The Labute approximate surface area is 123 Å². The SMILES string of the molecule is CC1CCN(CC(=O)NC(C)C(C)C)C(CN)C1.Cl. The van der Waals surface area contributed by atoms with Crippen molar-refractivity contribution >= 4 is 18.3 Å². The number of nitrogens with zero attached hydrogens (tertiary/aromatic N) is 1. The minimum Gasteiger partial charge on any atom is -0.352 e. The maximum Gasteiger partial charge on any atom is 0.234 e. The molecule has 1 heterocycles. The average Bonchev–Trinajstić information content (AvgIpc) is 2.31. The fourth-order valence-corrected chi connectivity index (χ4v) is 2.40. The minimum atomic E-state index is 0. The highest BCUT2D eigenvalue weighted by Crippen LogP contribution is 2.21. The van der Waals surface area contributed by atoms with E-state index in [1.165, 1.54) is 6.42 Å². The third-order valence-corrected chi connectivity index (χ3v) is 4.11. The molecule has 3 unspecified atom stereocenters. The van der Waals surface area contributed by atoms with Crippen molar-refractivity contribution in [2.24, 2.45) is 17.6 Å². The number of rotatable bonds is 5. The van der Waals surface area contributed by atoms with Crippen LogP contribution >= 0.6 is 12.4 Å². The van der Waals surface area contributed by atoms with Crippen molar-refractivity contribution in [3.63, 3.8) is 0 Å². The fraction of sp³-hybridized carbons (Fsp3) is 0.929. The highest BCUT2D eigenvalue weighted by atomic mass is 35.5. The Kier molecular flexibility index (Phi) is 8.62. The molecule has 3 N–H and O–H groups in total. The van der Waals surface area contributed by atoms with Crippen LogP contribution in [-0.4, -0.2) is 42.5 Å². The highest BCUT2D eigenvalue weighted by Gasteiger charge is 2.27. The van der Waals surface area contributed by atoms with Gasteiger partial charge < -0.3 is 11.1 Å². The van der Waals surface area contributed by atoms with Crippen LogP contribution in [0, 0.1) is 11.8 Å². The second kappa shape index (κ2) is 8.77. The summed E-state index contributed by atoms with van der Waals surface area (Å²) in [4.78, 5) is 14.2. The lowest BCUT2D eigenvalue weighted by Crippen LogP contribution is -2.51. The number of carbonyl (C=O) groups excluding carboxylic acids is 1. The summed E-state index contributed by atoms with van der Waals surface area (Å²) < 4.78 is 0. The smallest absolute Gasteiger partial charge is 0.234 e. The van der Waals surface area contributed by atoms with Gasteiger partial charge in [0.2, 0.25) is 5.91 Å². The van der Waals surface area contributed by atoms with Crippen molar-refractivity contribution in [2.45, 2.75) is 52.6 Å². The number of nitrogens with one attached hydrogen (secondary N) is 1. The first-order chi connectivity index (χ1) is 8.43. The Hall–Kier alpha value is -0.320. The van der Waals surface area contributed by atoms with Crippen molar-refractivity contribution < 1.29 is 4.79 Å². The van der Waals surface area contributed by atoms with E-state index in [1.807, 2.05) is 0 Å². The highest BCUT2D eigenvalue weighted by molar-refractivity contribution is 5.85. The second-order valence-electron chi connectivity index (χ2n) is 6.09. The molecular formula is C14H30ClN3O. The largest absolute Gasteiger partial charge is 0.352 e. The number of amides is 1. The Morgan fingerprint density at radius 2 is 2.05 bits per heavy atom. The van der Waals surface area contributed by atoms with E-state index in [0.29, 0.717) is 25.0 Å². The standard InChI is InChI=1S/C14H29N3O.ClH/c1-10(2)12(4)16-14(18)9-17-6-5-11(3)7-13(17)8-15;/h10-13H,5-9,15H2,1-4H3,(H,16,18);1H. The molecule has 0 spiro atoms. The molecular weight excluding hydrogens is 262 g/mol. The Morgan fingerprint density at radius 3 is 2.58 bits per heavy atom. The zero-order chi connectivity index (χ0) is 13.7. The van der Waals surface area contributed by atoms with Gasteiger partial charge in [-0.25, -0.2) is 0 Å². The topological polar surface area (TPSA) is 58.4 Å². The van der Waals surface area contributed by atoms with Gasteiger partial charge in [0, 0.05) is 18.6 Å². The van der Waals surface area contributed by atoms with Gasteiger partial charge in [0.25, 0.3) is 0 Å². The molecule has 1 saturated heterocycles. The van der Waals surface area contributed by atoms with Gasteiger partial charge in [0.1, 0.15) is 0 Å². The summed E-state index contributed by atoms with van der Waals surface area (Å²) in [6.07, 6.45) is 2.28. The van der Waals surface area contributed by atoms with E-state index in [1.54, 1.807) is 0 Å². The quantitative estimate of drug-likeness (QED) is 0.809. The van der Waals surface area contributed by atoms with E-state index in [4.69, 9.17) is 5.73 Å². The first kappa shape index (κ1) is 18.7. The molecule has 1 amide bonds. The van der Waals surface area contributed by atoms with Crippen LogP contribution in [0.2, 0.25) is 0 Å². The summed E-state index contributed by atoms with van der Waals surface area (Å²) in [7, 11) is 0. The summed E-state index contributed by atoms with van der Waals surface area (Å²) in [5.74, 6) is 1.33. The summed E-state index contributed by atoms with van der Waals surface area (Å²) in [6.45, 7) is 10.7. The third-order valence-electron chi connectivity index (χ3n) is 4.11. The van der Waals surface area contributed by atoms with Crippen LogP contribution in [0.3, 0.4) is 0 Å². The predicted molar refractivity (Wildman–Crippen MR) is 82.5 cm³/mol. The lowest BCUT2D eigenvalue weighted by atomic mass is 9.92. The number of carbonyl (C=O) groups is 1. The molecule has 1 rings (SSSR count). The molecule has 3 atom stereocenters. The molecule has 5 heteroatoms. The molecule has 0 aromatic carbocycles. The molecule has 19 heavy (non-hydrogen) atoms. The molecule has 114 valence electrons. The molecule has 4 nitrogen and oxygen atoms in total. The lowest BCUT2D eigenvalue weighted by molar-refractivity contribution is -0.124. The number of nitrogens with two attached hydrogens (primary N) is 1. The zero-order valence-electron chi connectivity index (χ0n) is 12.7. The first-order valence-electron chi connectivity index (χ1n) is 7.17. The van der Waals surface area contributed by atoms with Crippen LogP contribution in [0.1, 0.15) is 40.5 Å². The van der Waals surface area contributed by atoms with Gasteiger partial charge in [-0.1, -0.05) is 20.8 Å². The zero-order valence-corrected chi connectivity index (χ0v) is 13.5. The van der Waals surface area contributed by atoms with E-state index in [9.17, 15) is 4.79 Å². The Balaban J connectivity index is 0.00000324. The van der Waals surface area contributed by atoms with Crippen LogP contribution in [0.4, 0.5) is 0 Å². The summed E-state index contributed by atoms with van der Waals surface area (Å²) in [6, 6.07) is 0.603. The number of halogens is 1. The van der Waals surface area contributed by atoms with E-state index in [0.717, 1.165) is 18.9 Å². The fourth-order valence-electron chi connectivity index (χ4n) is 2.40. The normalized spacial score (nSPS) is 25.8. The molecule has 1 fully saturated rings. The molecule has 0 bridgehead atoms. The number of likely N-dealkylation sites (tertiary alicyclic amines) is 1. The van der Waals surface area contributed by atoms with Crippen molar-refractivity contribution in [1.29, 1.82) is 0 Å². The maximum absolute atomic E-state index is 12.0. The van der Waals surface area contributed by atoms with Gasteiger partial charge in [-0.05, 0) is 38.1 Å². The number of piperidine rings is 1. The molecule has 1 aliphatic rings. The van der Waals surface area contributed by atoms with Crippen LogP contribution in [0.15, 0.2) is 0 Å². The van der Waals surface area contributed by atoms with E-state index in [-0.39, 0.29) is 24.4 Å². The van der Waals surface area contributed by atoms with Crippen LogP contribution in [0.25, 0.3) is 0 Å². The molecule has 0 saturated carbocycles. The third kappa shape index (κ3) is 6.11. The maximum atomic E-state index is 12.0. The van der Waals surface area contributed by atoms with Gasteiger partial charge in [-0.15, -0.1) is 12.4 Å². The van der Waals surface area contributed by atoms with Gasteiger partial charge in [0.05, 0.1) is 6.54 Å². The monoisotopic (exact) mass is 291 g/mol. The summed E-state index contributed by atoms with van der Waals surface area (Å²) in [5.41, 5.74) is 5.81. The van der Waals surface area contributed by atoms with Gasteiger partial charge >= 0.3 is 0 Å². The number of hydrogen-bond acceptors (Lipinski definition) is 3. The number of hydrogen-bond donors (Lipinski definition) is 2. The van der Waals surface area contributed by atoms with Crippen molar-refractivity contribution in [1.82, 2.24) is 10.2 Å². The second-order valence-corrected chi connectivity index (χ2v) is 6.09. The molecule has 0 aliphatic carbocycles.